The van der Waals surface area contributed by atoms with Gasteiger partial charge >= 0.3 is 10.1 Å². The average Bonchev–Trinajstić information content (AvgIpc) is 2.77. The fourth-order valence-corrected chi connectivity index (χ4v) is 3.69. The molecule has 0 radical (unpaired) electrons. The highest BCUT2D eigenvalue weighted by Crippen LogP contribution is 2.40. The molecule has 1 unspecified atom stereocenters. The maximum atomic E-state index is 13.3. The van der Waals surface area contributed by atoms with Gasteiger partial charge in [-0.15, -0.1) is 0 Å². The van der Waals surface area contributed by atoms with Crippen LogP contribution in [0.2, 0.25) is 15.3 Å². The van der Waals surface area contributed by atoms with E-state index in [1.165, 1.54) is 0 Å². The van der Waals surface area contributed by atoms with Crippen molar-refractivity contribution in [3.05, 3.63) is 39.2 Å². The van der Waals surface area contributed by atoms with Crippen LogP contribution in [0, 0.1) is 0 Å². The zero-order valence-corrected chi connectivity index (χ0v) is 15.4. The lowest BCUT2D eigenvalue weighted by atomic mass is 10.2. The average molecular weight is 464 g/mol. The zero-order chi connectivity index (χ0) is 18.4. The van der Waals surface area contributed by atoms with Crippen molar-refractivity contribution in [3.8, 4) is 5.69 Å². The normalized spacial score (nSPS) is 14.1. The number of aromatic nitrogens is 2. The number of rotatable bonds is 3. The molecule has 0 N–H and O–H groups in total. The SMILES string of the molecule is [O-][S+](c1cn(-c2c(Cl)cc(C(F)(F)F)cc2Cl)c(Cl)n1)C(F)(Cl)Cl. The minimum Gasteiger partial charge on any atom is -0.606 e. The smallest absolute Gasteiger partial charge is 0.425 e. The van der Waals surface area contributed by atoms with E-state index in [1.54, 1.807) is 0 Å². The second-order valence-corrected chi connectivity index (χ2v) is 8.57. The van der Waals surface area contributed by atoms with E-state index in [0.717, 1.165) is 10.8 Å². The molecule has 0 fully saturated rings. The second kappa shape index (κ2) is 6.90. The van der Waals surface area contributed by atoms with Crippen LogP contribution < -0.4 is 0 Å². The summed E-state index contributed by atoms with van der Waals surface area (Å²) in [6.45, 7) is 0. The summed E-state index contributed by atoms with van der Waals surface area (Å²) in [6, 6.07) is 1.25. The summed E-state index contributed by atoms with van der Waals surface area (Å²) in [5.74, 6) is 0. The number of nitrogens with zero attached hydrogens (tertiary/aromatic N) is 2. The summed E-state index contributed by atoms with van der Waals surface area (Å²) in [4.78, 5) is 3.59. The third-order valence-corrected chi connectivity index (χ3v) is 5.31. The van der Waals surface area contributed by atoms with Crippen molar-refractivity contribution >= 4 is 69.2 Å². The molecule has 2 aromatic rings. The lowest BCUT2D eigenvalue weighted by molar-refractivity contribution is -0.137. The van der Waals surface area contributed by atoms with E-state index in [4.69, 9.17) is 58.0 Å². The Hall–Kier alpha value is -0.0900. The van der Waals surface area contributed by atoms with Gasteiger partial charge in [-0.2, -0.15) is 22.5 Å². The van der Waals surface area contributed by atoms with E-state index in [9.17, 15) is 22.1 Å². The fraction of sp³-hybridized carbons (Fsp3) is 0.182. The van der Waals surface area contributed by atoms with Gasteiger partial charge in [-0.1, -0.05) is 23.2 Å². The van der Waals surface area contributed by atoms with Gasteiger partial charge < -0.3 is 4.55 Å². The third kappa shape index (κ3) is 4.17. The molecule has 0 bridgehead atoms. The molecule has 1 heterocycles. The Morgan fingerprint density at radius 2 is 1.54 bits per heavy atom. The molecular weight excluding hydrogens is 461 g/mol. The minimum absolute atomic E-state index is 0.166. The molecule has 0 spiro atoms. The van der Waals surface area contributed by atoms with E-state index in [2.05, 4.69) is 4.98 Å². The largest absolute Gasteiger partial charge is 0.606 e. The van der Waals surface area contributed by atoms with E-state index in [0.29, 0.717) is 12.1 Å². The predicted molar refractivity (Wildman–Crippen MR) is 85.5 cm³/mol. The first kappa shape index (κ1) is 20.2. The Labute approximate surface area is 160 Å². The highest BCUT2D eigenvalue weighted by Gasteiger charge is 2.42. The molecule has 0 saturated heterocycles. The minimum atomic E-state index is -4.66. The van der Waals surface area contributed by atoms with Crippen molar-refractivity contribution in [3.63, 3.8) is 0 Å². The number of halogens is 9. The van der Waals surface area contributed by atoms with Crippen molar-refractivity contribution in [1.29, 1.82) is 0 Å². The van der Waals surface area contributed by atoms with Crippen molar-refractivity contribution < 1.29 is 22.1 Å². The molecule has 0 saturated carbocycles. The lowest BCUT2D eigenvalue weighted by Crippen LogP contribution is -2.21. The van der Waals surface area contributed by atoms with E-state index in [-0.39, 0.29) is 11.0 Å². The summed E-state index contributed by atoms with van der Waals surface area (Å²) in [6.07, 6.45) is -3.72. The number of imidazole rings is 1. The Morgan fingerprint density at radius 3 is 1.96 bits per heavy atom. The predicted octanol–water partition coefficient (Wildman–Crippen LogP) is 6.02. The van der Waals surface area contributed by atoms with Crippen LogP contribution in [-0.2, 0) is 17.4 Å². The van der Waals surface area contributed by atoms with Crippen LogP contribution in [0.3, 0.4) is 0 Å². The summed E-state index contributed by atoms with van der Waals surface area (Å²) >= 11 is 25.0. The Kier molecular flexibility index (Phi) is 5.82. The number of benzene rings is 1. The molecule has 0 aliphatic rings. The molecule has 24 heavy (non-hydrogen) atoms. The van der Waals surface area contributed by atoms with E-state index in [1.807, 2.05) is 0 Å². The first-order chi connectivity index (χ1) is 10.8. The maximum Gasteiger partial charge on any atom is 0.425 e. The van der Waals surface area contributed by atoms with Crippen molar-refractivity contribution in [2.45, 2.75) is 15.1 Å². The first-order valence-corrected chi connectivity index (χ1v) is 8.66. The van der Waals surface area contributed by atoms with Crippen LogP contribution in [0.5, 0.6) is 0 Å². The molecule has 132 valence electrons. The van der Waals surface area contributed by atoms with Crippen LogP contribution >= 0.6 is 58.0 Å². The number of hydrogen-bond donors (Lipinski definition) is 0. The molecule has 1 aromatic carbocycles. The third-order valence-electron chi connectivity index (χ3n) is 2.63. The van der Waals surface area contributed by atoms with Gasteiger partial charge in [0.1, 0.15) is 0 Å². The molecule has 1 atom stereocenters. The molecule has 2 rings (SSSR count). The topological polar surface area (TPSA) is 40.9 Å². The van der Waals surface area contributed by atoms with Gasteiger partial charge in [-0.3, -0.25) is 4.57 Å². The molecule has 3 nitrogen and oxygen atoms in total. The number of alkyl halides is 6. The van der Waals surface area contributed by atoms with Gasteiger partial charge in [0.2, 0.25) is 5.28 Å². The molecule has 1 aromatic heterocycles. The zero-order valence-electron chi connectivity index (χ0n) is 10.8. The van der Waals surface area contributed by atoms with Crippen LogP contribution in [-0.4, -0.2) is 18.0 Å². The van der Waals surface area contributed by atoms with Crippen LogP contribution in [0.25, 0.3) is 5.69 Å². The summed E-state index contributed by atoms with van der Waals surface area (Å²) < 4.78 is 61.0. The van der Waals surface area contributed by atoms with E-state index < -0.39 is 41.9 Å². The highest BCUT2D eigenvalue weighted by molar-refractivity contribution is 7.95. The molecule has 0 aliphatic carbocycles. The van der Waals surface area contributed by atoms with Gasteiger partial charge in [0.25, 0.3) is 5.03 Å². The van der Waals surface area contributed by atoms with Gasteiger partial charge in [-0.05, 0) is 46.9 Å². The molecule has 0 aliphatic heterocycles. The summed E-state index contributed by atoms with van der Waals surface area (Å²) in [7, 11) is 0. The van der Waals surface area contributed by atoms with Crippen LogP contribution in [0.15, 0.2) is 23.4 Å². The van der Waals surface area contributed by atoms with Crippen LogP contribution in [0.1, 0.15) is 5.56 Å². The Balaban J connectivity index is 2.56. The standard InChI is InChI=1S/C11H3Cl5F4N2OS/c12-5-1-4(10(17,18)19)2-6(13)8(5)22-3-7(21-9(22)14)24(23)11(15,16)20/h1-3H. The first-order valence-electron chi connectivity index (χ1n) is 5.62. The molecule has 0 amide bonds. The lowest BCUT2D eigenvalue weighted by Gasteiger charge is -2.13. The number of hydrogen-bond acceptors (Lipinski definition) is 2. The van der Waals surface area contributed by atoms with Gasteiger partial charge in [0.05, 0.1) is 38.7 Å². The summed E-state index contributed by atoms with van der Waals surface area (Å²) in [5, 5.41) is -1.66. The molecule has 13 heteroatoms. The van der Waals surface area contributed by atoms with Crippen molar-refractivity contribution in [1.82, 2.24) is 9.55 Å². The highest BCUT2D eigenvalue weighted by atomic mass is 35.5. The van der Waals surface area contributed by atoms with Gasteiger partial charge in [0.15, 0.2) is 0 Å². The summed E-state index contributed by atoms with van der Waals surface area (Å²) in [5.41, 5.74) is -1.24. The van der Waals surface area contributed by atoms with Crippen LogP contribution in [0.4, 0.5) is 17.6 Å². The fourth-order valence-electron chi connectivity index (χ4n) is 1.66. The Morgan fingerprint density at radius 1 is 1.04 bits per heavy atom. The quantitative estimate of drug-likeness (QED) is 0.317. The van der Waals surface area contributed by atoms with Gasteiger partial charge in [0, 0.05) is 0 Å². The van der Waals surface area contributed by atoms with E-state index >= 15 is 0 Å². The molecular formula is C11H3Cl5F4N2OS. The van der Waals surface area contributed by atoms with Gasteiger partial charge in [-0.25, -0.2) is 0 Å². The van der Waals surface area contributed by atoms with Crippen molar-refractivity contribution in [2.75, 3.05) is 0 Å². The Bertz CT molecular complexity index is 754. The second-order valence-electron chi connectivity index (χ2n) is 4.22. The van der Waals surface area contributed by atoms with Crippen molar-refractivity contribution in [2.24, 2.45) is 0 Å². The maximum absolute atomic E-state index is 13.3. The monoisotopic (exact) mass is 462 g/mol.